The Kier molecular flexibility index (Phi) is 10.8. The van der Waals surface area contributed by atoms with Crippen LogP contribution in [0.25, 0.3) is 0 Å². The predicted octanol–water partition coefficient (Wildman–Crippen LogP) is 3.54. The van der Waals surface area contributed by atoms with Gasteiger partial charge in [-0.1, -0.05) is 28.1 Å². The lowest BCUT2D eigenvalue weighted by Gasteiger charge is -2.33. The molecule has 0 saturated carbocycles. The number of nitrogens with zero attached hydrogens (tertiary/aromatic N) is 2. The fraction of sp³-hybridized carbons (Fsp3) is 0.600. The van der Waals surface area contributed by atoms with Gasteiger partial charge >= 0.3 is 5.97 Å². The minimum Gasteiger partial charge on any atom is -0.459 e. The van der Waals surface area contributed by atoms with Gasteiger partial charge < -0.3 is 15.4 Å². The molecule has 2 N–H and O–H groups in total. The first-order valence-electron chi connectivity index (χ1n) is 9.41. The lowest BCUT2D eigenvalue weighted by atomic mass is 10.0. The van der Waals surface area contributed by atoms with Crippen LogP contribution in [0.4, 0.5) is 0 Å². The zero-order valence-electron chi connectivity index (χ0n) is 17.1. The summed E-state index contributed by atoms with van der Waals surface area (Å²) in [6.45, 7) is 8.75. The van der Waals surface area contributed by atoms with Gasteiger partial charge in [0.05, 0.1) is 0 Å². The summed E-state index contributed by atoms with van der Waals surface area (Å²) in [5, 5.41) is 6.46. The van der Waals surface area contributed by atoms with E-state index in [4.69, 9.17) is 4.74 Å². The molecule has 0 atom stereocenters. The van der Waals surface area contributed by atoms with Crippen molar-refractivity contribution in [2.24, 2.45) is 4.99 Å². The maximum atomic E-state index is 11.8. The van der Waals surface area contributed by atoms with Gasteiger partial charge in [-0.25, -0.2) is 0 Å². The van der Waals surface area contributed by atoms with Crippen molar-refractivity contribution >= 4 is 51.8 Å². The molecule has 8 heteroatoms. The fourth-order valence-electron chi connectivity index (χ4n) is 3.00. The van der Waals surface area contributed by atoms with Crippen LogP contribution in [0.15, 0.2) is 33.7 Å². The summed E-state index contributed by atoms with van der Waals surface area (Å²) in [5.41, 5.74) is 0.858. The first-order chi connectivity index (χ1) is 12.7. The molecule has 0 aliphatic carbocycles. The van der Waals surface area contributed by atoms with Gasteiger partial charge in [0.1, 0.15) is 12.1 Å². The molecule has 1 aromatic carbocycles. The normalized spacial score (nSPS) is 16.2. The third-order valence-corrected chi connectivity index (χ3v) is 4.82. The van der Waals surface area contributed by atoms with Gasteiger partial charge in [-0.15, -0.1) is 24.0 Å². The summed E-state index contributed by atoms with van der Waals surface area (Å²) in [4.78, 5) is 18.5. The van der Waals surface area contributed by atoms with Crippen LogP contribution >= 0.6 is 39.9 Å². The van der Waals surface area contributed by atoms with Crippen LogP contribution in [-0.2, 0) is 16.1 Å². The lowest BCUT2D eigenvalue weighted by Crippen LogP contribution is -2.49. The van der Waals surface area contributed by atoms with Crippen LogP contribution in [0.2, 0.25) is 0 Å². The molecular formula is C20H32BrIN4O2. The van der Waals surface area contributed by atoms with Crippen molar-refractivity contribution in [1.29, 1.82) is 0 Å². The molecule has 158 valence electrons. The van der Waals surface area contributed by atoms with Gasteiger partial charge in [0.15, 0.2) is 5.96 Å². The molecule has 1 aliphatic rings. The monoisotopic (exact) mass is 566 g/mol. The molecule has 0 unspecified atom stereocenters. The van der Waals surface area contributed by atoms with E-state index in [1.807, 2.05) is 20.8 Å². The molecule has 2 rings (SSSR count). The number of piperidine rings is 1. The topological polar surface area (TPSA) is 66.0 Å². The highest BCUT2D eigenvalue weighted by Gasteiger charge is 2.21. The highest BCUT2D eigenvalue weighted by molar-refractivity contribution is 14.0. The van der Waals surface area contributed by atoms with E-state index < -0.39 is 5.60 Å². The summed E-state index contributed by atoms with van der Waals surface area (Å²) in [6.07, 6.45) is 2.09. The van der Waals surface area contributed by atoms with Gasteiger partial charge in [0.25, 0.3) is 0 Å². The number of esters is 1. The first-order valence-corrected chi connectivity index (χ1v) is 10.2. The second-order valence-corrected chi connectivity index (χ2v) is 8.75. The van der Waals surface area contributed by atoms with Crippen LogP contribution in [0.3, 0.4) is 0 Å². The van der Waals surface area contributed by atoms with Crippen LogP contribution in [0.5, 0.6) is 0 Å². The maximum Gasteiger partial charge on any atom is 0.325 e. The minimum atomic E-state index is -0.475. The number of halogens is 2. The van der Waals surface area contributed by atoms with Crippen molar-refractivity contribution in [3.8, 4) is 0 Å². The van der Waals surface area contributed by atoms with E-state index in [1.165, 1.54) is 5.56 Å². The van der Waals surface area contributed by atoms with Crippen LogP contribution in [-0.4, -0.2) is 55.2 Å². The number of likely N-dealkylation sites (tertiary alicyclic amines) is 1. The molecule has 1 aromatic rings. The Morgan fingerprint density at radius 2 is 1.86 bits per heavy atom. The van der Waals surface area contributed by atoms with E-state index in [0.717, 1.165) is 36.9 Å². The molecule has 0 spiro atoms. The first kappa shape index (κ1) is 25.2. The van der Waals surface area contributed by atoms with Crippen molar-refractivity contribution in [2.45, 2.75) is 51.8 Å². The number of rotatable bonds is 5. The van der Waals surface area contributed by atoms with Crippen molar-refractivity contribution < 1.29 is 9.53 Å². The van der Waals surface area contributed by atoms with Crippen molar-refractivity contribution in [3.05, 3.63) is 34.3 Å². The molecule has 0 bridgehead atoms. The zero-order valence-corrected chi connectivity index (χ0v) is 21.0. The Morgan fingerprint density at radius 3 is 2.39 bits per heavy atom. The molecule has 0 amide bonds. The molecule has 1 saturated heterocycles. The Morgan fingerprint density at radius 1 is 1.25 bits per heavy atom. The number of benzene rings is 1. The van der Waals surface area contributed by atoms with E-state index in [9.17, 15) is 4.79 Å². The summed E-state index contributed by atoms with van der Waals surface area (Å²) in [6, 6.07) is 8.86. The van der Waals surface area contributed by atoms with E-state index in [1.54, 1.807) is 7.05 Å². The quantitative estimate of drug-likeness (QED) is 0.247. The number of ether oxygens (including phenoxy) is 1. The molecule has 6 nitrogen and oxygen atoms in total. The number of guanidine groups is 1. The Hall–Kier alpha value is -0.870. The Labute approximate surface area is 194 Å². The molecule has 1 fully saturated rings. The molecular weight excluding hydrogens is 535 g/mol. The lowest BCUT2D eigenvalue weighted by molar-refractivity contribution is -0.153. The highest BCUT2D eigenvalue weighted by Crippen LogP contribution is 2.16. The predicted molar refractivity (Wildman–Crippen MR) is 128 cm³/mol. The van der Waals surface area contributed by atoms with Crippen LogP contribution in [0.1, 0.15) is 39.2 Å². The summed E-state index contributed by atoms with van der Waals surface area (Å²) < 4.78 is 6.42. The van der Waals surface area contributed by atoms with Crippen molar-refractivity contribution in [3.63, 3.8) is 0 Å². The van der Waals surface area contributed by atoms with Crippen LogP contribution < -0.4 is 10.6 Å². The Bertz CT molecular complexity index is 639. The van der Waals surface area contributed by atoms with E-state index >= 15 is 0 Å². The minimum absolute atomic E-state index is 0. The molecule has 28 heavy (non-hydrogen) atoms. The highest BCUT2D eigenvalue weighted by atomic mass is 127. The Balaban J connectivity index is 0.00000392. The third-order valence-electron chi connectivity index (χ3n) is 4.29. The molecule has 1 heterocycles. The average molecular weight is 567 g/mol. The zero-order chi connectivity index (χ0) is 19.9. The number of carbonyl (C=O) groups excluding carboxylic acids is 1. The third kappa shape index (κ3) is 9.56. The number of hydrogen-bond donors (Lipinski definition) is 2. The van der Waals surface area contributed by atoms with Gasteiger partial charge in [-0.05, 0) is 51.3 Å². The van der Waals surface area contributed by atoms with Gasteiger partial charge in [0, 0.05) is 37.2 Å². The number of aliphatic imine (C=N–C) groups is 1. The standard InChI is InChI=1S/C20H31BrN4O2.HI/c1-20(2,3)27-18(26)13-23-19(22-4)24-17-9-11-25(12-10-17)14-15-5-7-16(21)8-6-15;/h5-8,17H,9-14H2,1-4H3,(H2,22,23,24);1H. The molecule has 0 radical (unpaired) electrons. The summed E-state index contributed by atoms with van der Waals surface area (Å²) in [7, 11) is 1.72. The maximum absolute atomic E-state index is 11.8. The number of hydrogen-bond acceptors (Lipinski definition) is 4. The van der Waals surface area contributed by atoms with E-state index in [2.05, 4.69) is 60.7 Å². The summed E-state index contributed by atoms with van der Waals surface area (Å²) in [5.74, 6) is 0.363. The van der Waals surface area contributed by atoms with Gasteiger partial charge in [-0.3, -0.25) is 14.7 Å². The second-order valence-electron chi connectivity index (χ2n) is 7.83. The van der Waals surface area contributed by atoms with Gasteiger partial charge in [-0.2, -0.15) is 0 Å². The number of nitrogens with one attached hydrogen (secondary N) is 2. The van der Waals surface area contributed by atoms with Gasteiger partial charge in [0.2, 0.25) is 0 Å². The molecule has 1 aliphatic heterocycles. The SMILES string of the molecule is CN=C(NCC(=O)OC(C)(C)C)NC1CCN(Cc2ccc(Br)cc2)CC1.I. The fourth-order valence-corrected chi connectivity index (χ4v) is 3.27. The van der Waals surface area contributed by atoms with E-state index in [0.29, 0.717) is 12.0 Å². The van der Waals surface area contributed by atoms with Crippen molar-refractivity contribution in [2.75, 3.05) is 26.7 Å². The molecule has 0 aromatic heterocycles. The summed E-state index contributed by atoms with van der Waals surface area (Å²) >= 11 is 3.48. The number of carbonyl (C=O) groups is 1. The van der Waals surface area contributed by atoms with Crippen molar-refractivity contribution in [1.82, 2.24) is 15.5 Å². The smallest absolute Gasteiger partial charge is 0.325 e. The van der Waals surface area contributed by atoms with Crippen LogP contribution in [0, 0.1) is 0 Å². The average Bonchev–Trinajstić information content (AvgIpc) is 2.60. The largest absolute Gasteiger partial charge is 0.459 e. The second kappa shape index (κ2) is 12.0. The van der Waals surface area contributed by atoms with E-state index in [-0.39, 0.29) is 36.5 Å².